The van der Waals surface area contributed by atoms with Gasteiger partial charge in [-0.2, -0.15) is 0 Å². The van der Waals surface area contributed by atoms with E-state index < -0.39 is 5.97 Å². The van der Waals surface area contributed by atoms with E-state index in [1.807, 2.05) is 12.1 Å². The highest BCUT2D eigenvalue weighted by molar-refractivity contribution is 14.1. The number of aryl methyl sites for hydroxylation is 1. The van der Waals surface area contributed by atoms with Crippen molar-refractivity contribution in [2.45, 2.75) is 6.92 Å². The molecule has 2 aromatic rings. The van der Waals surface area contributed by atoms with Gasteiger partial charge >= 0.3 is 5.97 Å². The summed E-state index contributed by atoms with van der Waals surface area (Å²) in [5.74, 6) is -1.43. The van der Waals surface area contributed by atoms with Gasteiger partial charge in [0, 0.05) is 9.26 Å². The number of carboxylic acids is 1. The topological polar surface area (TPSA) is 82.2 Å². The standard InChI is InChI=1S/C13H11IN2O3/c1-7-6-10(11(15-7)13(18)19)16-12(17)8-4-2-3-5-9(8)14/h2-6,15H,1H3,(H,16,17)(H,18,19). The van der Waals surface area contributed by atoms with Crippen molar-refractivity contribution in [3.8, 4) is 0 Å². The van der Waals surface area contributed by atoms with Crippen molar-refractivity contribution in [2.24, 2.45) is 0 Å². The second-order valence-electron chi connectivity index (χ2n) is 3.98. The summed E-state index contributed by atoms with van der Waals surface area (Å²) in [5, 5.41) is 11.6. The molecule has 0 saturated carbocycles. The highest BCUT2D eigenvalue weighted by Crippen LogP contribution is 2.19. The SMILES string of the molecule is Cc1cc(NC(=O)c2ccccc2I)c(C(=O)O)[nH]1. The first-order chi connectivity index (χ1) is 8.99. The Labute approximate surface area is 123 Å². The van der Waals surface area contributed by atoms with Crippen molar-refractivity contribution >= 4 is 40.2 Å². The van der Waals surface area contributed by atoms with Gasteiger partial charge in [0.15, 0.2) is 0 Å². The molecule has 3 N–H and O–H groups in total. The number of nitrogens with one attached hydrogen (secondary N) is 2. The second-order valence-corrected chi connectivity index (χ2v) is 5.14. The molecule has 19 heavy (non-hydrogen) atoms. The number of carbonyl (C=O) groups is 2. The number of carbonyl (C=O) groups excluding carboxylic acids is 1. The molecule has 98 valence electrons. The lowest BCUT2D eigenvalue weighted by molar-refractivity contribution is 0.0692. The normalized spacial score (nSPS) is 10.2. The van der Waals surface area contributed by atoms with Gasteiger partial charge < -0.3 is 15.4 Å². The van der Waals surface area contributed by atoms with Crippen LogP contribution in [0.5, 0.6) is 0 Å². The van der Waals surface area contributed by atoms with Crippen LogP contribution in [0.3, 0.4) is 0 Å². The average molecular weight is 370 g/mol. The van der Waals surface area contributed by atoms with Gasteiger partial charge in [-0.3, -0.25) is 4.79 Å². The molecule has 1 amide bonds. The number of aromatic nitrogens is 1. The Morgan fingerprint density at radius 1 is 1.32 bits per heavy atom. The lowest BCUT2D eigenvalue weighted by Crippen LogP contribution is -2.15. The van der Waals surface area contributed by atoms with Crippen molar-refractivity contribution in [1.29, 1.82) is 0 Å². The first-order valence-electron chi connectivity index (χ1n) is 5.48. The van der Waals surface area contributed by atoms with Crippen molar-refractivity contribution in [3.05, 3.63) is 50.9 Å². The minimum atomic E-state index is -1.11. The molecule has 0 aliphatic rings. The van der Waals surface area contributed by atoms with Gasteiger partial charge in [0.1, 0.15) is 5.69 Å². The number of H-pyrrole nitrogens is 1. The molecule has 0 atom stereocenters. The highest BCUT2D eigenvalue weighted by Gasteiger charge is 2.17. The van der Waals surface area contributed by atoms with E-state index in [9.17, 15) is 9.59 Å². The summed E-state index contributed by atoms with van der Waals surface area (Å²) >= 11 is 2.06. The van der Waals surface area contributed by atoms with Crippen LogP contribution in [0.15, 0.2) is 30.3 Å². The number of benzene rings is 1. The van der Waals surface area contributed by atoms with E-state index in [1.165, 1.54) is 0 Å². The fourth-order valence-electron chi connectivity index (χ4n) is 1.69. The van der Waals surface area contributed by atoms with Crippen LogP contribution in [0.2, 0.25) is 0 Å². The molecule has 6 heteroatoms. The number of aromatic amines is 1. The quantitative estimate of drug-likeness (QED) is 0.727. The summed E-state index contributed by atoms with van der Waals surface area (Å²) < 4.78 is 0.807. The van der Waals surface area contributed by atoms with Crippen LogP contribution in [0.4, 0.5) is 5.69 Å². The summed E-state index contributed by atoms with van der Waals surface area (Å²) in [6.45, 7) is 1.73. The molecule has 1 aromatic carbocycles. The van der Waals surface area contributed by atoms with Crippen molar-refractivity contribution in [1.82, 2.24) is 4.98 Å². The molecule has 0 spiro atoms. The summed E-state index contributed by atoms with van der Waals surface area (Å²) in [6.07, 6.45) is 0. The molecular weight excluding hydrogens is 359 g/mol. The van der Waals surface area contributed by atoms with E-state index in [1.54, 1.807) is 25.1 Å². The Bertz CT molecular complexity index is 649. The van der Waals surface area contributed by atoms with Gasteiger partial charge in [0.25, 0.3) is 5.91 Å². The smallest absolute Gasteiger partial charge is 0.354 e. The fourth-order valence-corrected chi connectivity index (χ4v) is 2.32. The van der Waals surface area contributed by atoms with E-state index in [4.69, 9.17) is 5.11 Å². The zero-order valence-corrected chi connectivity index (χ0v) is 12.2. The molecule has 0 fully saturated rings. The molecule has 0 aliphatic carbocycles. The molecule has 0 radical (unpaired) electrons. The largest absolute Gasteiger partial charge is 0.477 e. The van der Waals surface area contributed by atoms with Gasteiger partial charge in [0.2, 0.25) is 0 Å². The van der Waals surface area contributed by atoms with Crippen LogP contribution in [0.1, 0.15) is 26.5 Å². The van der Waals surface area contributed by atoms with E-state index in [-0.39, 0.29) is 17.3 Å². The number of rotatable bonds is 3. The third kappa shape index (κ3) is 2.95. The van der Waals surface area contributed by atoms with Crippen LogP contribution in [0.25, 0.3) is 0 Å². The van der Waals surface area contributed by atoms with Crippen molar-refractivity contribution < 1.29 is 14.7 Å². The van der Waals surface area contributed by atoms with Gasteiger partial charge in [-0.25, -0.2) is 4.79 Å². The molecule has 1 heterocycles. The Hall–Kier alpha value is -1.83. The molecule has 2 rings (SSSR count). The number of carboxylic acid groups (broad SMARTS) is 1. The number of hydrogen-bond acceptors (Lipinski definition) is 2. The summed E-state index contributed by atoms with van der Waals surface area (Å²) in [7, 11) is 0. The molecular formula is C13H11IN2O3. The van der Waals surface area contributed by atoms with Crippen LogP contribution < -0.4 is 5.32 Å². The average Bonchev–Trinajstić information content (AvgIpc) is 2.70. The Morgan fingerprint density at radius 3 is 2.63 bits per heavy atom. The Kier molecular flexibility index (Phi) is 3.89. The minimum Gasteiger partial charge on any atom is -0.477 e. The number of amides is 1. The summed E-state index contributed by atoms with van der Waals surface area (Å²) in [5.41, 5.74) is 1.44. The minimum absolute atomic E-state index is 0.0169. The lowest BCUT2D eigenvalue weighted by atomic mass is 10.2. The predicted molar refractivity (Wildman–Crippen MR) is 79.6 cm³/mol. The van der Waals surface area contributed by atoms with Crippen LogP contribution >= 0.6 is 22.6 Å². The molecule has 0 unspecified atom stereocenters. The van der Waals surface area contributed by atoms with Crippen molar-refractivity contribution in [2.75, 3.05) is 5.32 Å². The molecule has 5 nitrogen and oxygen atoms in total. The third-order valence-electron chi connectivity index (χ3n) is 2.53. The van der Waals surface area contributed by atoms with Gasteiger partial charge in [-0.15, -0.1) is 0 Å². The van der Waals surface area contributed by atoms with Gasteiger partial charge in [-0.1, -0.05) is 12.1 Å². The maximum absolute atomic E-state index is 12.1. The van der Waals surface area contributed by atoms with Crippen LogP contribution in [-0.4, -0.2) is 22.0 Å². The maximum Gasteiger partial charge on any atom is 0.354 e. The monoisotopic (exact) mass is 370 g/mol. The number of halogens is 1. The van der Waals surface area contributed by atoms with E-state index in [0.717, 1.165) is 3.57 Å². The first-order valence-corrected chi connectivity index (χ1v) is 6.55. The van der Waals surface area contributed by atoms with Gasteiger partial charge in [0.05, 0.1) is 11.3 Å². The van der Waals surface area contributed by atoms with E-state index >= 15 is 0 Å². The fraction of sp³-hybridized carbons (Fsp3) is 0.0769. The summed E-state index contributed by atoms with van der Waals surface area (Å²) in [4.78, 5) is 25.8. The van der Waals surface area contributed by atoms with Crippen molar-refractivity contribution in [3.63, 3.8) is 0 Å². The third-order valence-corrected chi connectivity index (χ3v) is 3.47. The number of aromatic carboxylic acids is 1. The predicted octanol–water partition coefficient (Wildman–Crippen LogP) is 2.88. The lowest BCUT2D eigenvalue weighted by Gasteiger charge is -2.06. The Balaban J connectivity index is 2.29. The van der Waals surface area contributed by atoms with Gasteiger partial charge in [-0.05, 0) is 47.7 Å². The van der Waals surface area contributed by atoms with Crippen LogP contribution in [-0.2, 0) is 0 Å². The molecule has 1 aromatic heterocycles. The summed E-state index contributed by atoms with van der Waals surface area (Å²) in [6, 6.07) is 8.70. The second kappa shape index (κ2) is 5.43. The number of anilines is 1. The highest BCUT2D eigenvalue weighted by atomic mass is 127. The molecule has 0 bridgehead atoms. The molecule has 0 saturated heterocycles. The zero-order valence-electron chi connectivity index (χ0n) is 10.0. The Morgan fingerprint density at radius 2 is 2.00 bits per heavy atom. The molecule has 0 aliphatic heterocycles. The van der Waals surface area contributed by atoms with Crippen LogP contribution in [0, 0.1) is 10.5 Å². The first kappa shape index (κ1) is 13.6. The van der Waals surface area contributed by atoms with E-state index in [2.05, 4.69) is 32.9 Å². The zero-order chi connectivity index (χ0) is 14.0. The number of hydrogen-bond donors (Lipinski definition) is 3. The van der Waals surface area contributed by atoms with E-state index in [0.29, 0.717) is 11.3 Å². The maximum atomic E-state index is 12.1.